The van der Waals surface area contributed by atoms with Crippen LogP contribution in [0.25, 0.3) is 10.6 Å². The fourth-order valence-corrected chi connectivity index (χ4v) is 2.86. The van der Waals surface area contributed by atoms with Crippen LogP contribution in [0.5, 0.6) is 0 Å². The van der Waals surface area contributed by atoms with E-state index in [0.29, 0.717) is 25.7 Å². The summed E-state index contributed by atoms with van der Waals surface area (Å²) in [6.45, 7) is 3.94. The lowest BCUT2D eigenvalue weighted by Crippen LogP contribution is -2.02. The minimum Gasteiger partial charge on any atom is -0.382 e. The SMILES string of the molecule is COCCOCc1ccc(-c2nc(CCl)cs2)cc1C. The lowest BCUT2D eigenvalue weighted by atomic mass is 10.1. The molecule has 3 nitrogen and oxygen atoms in total. The van der Waals surface area contributed by atoms with Crippen LogP contribution >= 0.6 is 22.9 Å². The highest BCUT2D eigenvalue weighted by molar-refractivity contribution is 7.13. The molecule has 0 N–H and O–H groups in total. The first kappa shape index (κ1) is 15.4. The Bertz CT molecular complexity index is 557. The van der Waals surface area contributed by atoms with Crippen LogP contribution in [0.1, 0.15) is 16.8 Å². The molecule has 0 spiro atoms. The van der Waals surface area contributed by atoms with Crippen LogP contribution in [0.15, 0.2) is 23.6 Å². The minimum absolute atomic E-state index is 0.459. The smallest absolute Gasteiger partial charge is 0.123 e. The van der Waals surface area contributed by atoms with Crippen molar-refractivity contribution in [3.8, 4) is 10.6 Å². The number of aromatic nitrogens is 1. The van der Waals surface area contributed by atoms with Crippen molar-refractivity contribution < 1.29 is 9.47 Å². The summed E-state index contributed by atoms with van der Waals surface area (Å²) in [5, 5.41) is 3.01. The number of aryl methyl sites for hydroxylation is 1. The Hall–Kier alpha value is -0.940. The van der Waals surface area contributed by atoms with E-state index < -0.39 is 0 Å². The van der Waals surface area contributed by atoms with Crippen molar-refractivity contribution in [2.24, 2.45) is 0 Å². The lowest BCUT2D eigenvalue weighted by Gasteiger charge is -2.08. The summed E-state index contributed by atoms with van der Waals surface area (Å²) in [5.74, 6) is 0.459. The van der Waals surface area contributed by atoms with Gasteiger partial charge in [-0.1, -0.05) is 12.1 Å². The standard InChI is InChI=1S/C15H18ClNO2S/c1-11-7-12(15-17-14(8-16)10-20-15)3-4-13(11)9-19-6-5-18-2/h3-4,7,10H,5-6,8-9H2,1-2H3. The van der Waals surface area contributed by atoms with E-state index in [1.165, 1.54) is 11.1 Å². The van der Waals surface area contributed by atoms with Crippen molar-refractivity contribution >= 4 is 22.9 Å². The van der Waals surface area contributed by atoms with Gasteiger partial charge >= 0.3 is 0 Å². The maximum Gasteiger partial charge on any atom is 0.123 e. The van der Waals surface area contributed by atoms with Crippen LogP contribution in [-0.4, -0.2) is 25.3 Å². The number of ether oxygens (including phenoxy) is 2. The van der Waals surface area contributed by atoms with Crippen molar-refractivity contribution in [2.45, 2.75) is 19.4 Å². The molecule has 0 saturated carbocycles. The maximum atomic E-state index is 5.78. The number of rotatable bonds is 7. The first-order valence-corrected chi connectivity index (χ1v) is 7.83. The number of nitrogens with zero attached hydrogens (tertiary/aromatic N) is 1. The number of methoxy groups -OCH3 is 1. The van der Waals surface area contributed by atoms with Gasteiger partial charge in [-0.05, 0) is 24.1 Å². The molecule has 0 unspecified atom stereocenters. The third-order valence-electron chi connectivity index (χ3n) is 2.97. The van der Waals surface area contributed by atoms with Gasteiger partial charge in [0, 0.05) is 18.1 Å². The fourth-order valence-electron chi connectivity index (χ4n) is 1.82. The first-order chi connectivity index (χ1) is 9.74. The second kappa shape index (κ2) is 7.74. The van der Waals surface area contributed by atoms with Gasteiger partial charge in [-0.3, -0.25) is 0 Å². The van der Waals surface area contributed by atoms with Gasteiger partial charge in [-0.15, -0.1) is 22.9 Å². The van der Waals surface area contributed by atoms with Gasteiger partial charge in [0.05, 0.1) is 31.4 Å². The van der Waals surface area contributed by atoms with E-state index in [9.17, 15) is 0 Å². The molecule has 0 bridgehead atoms. The Balaban J connectivity index is 2.05. The number of thiazole rings is 1. The van der Waals surface area contributed by atoms with E-state index in [2.05, 4.69) is 30.1 Å². The van der Waals surface area contributed by atoms with Crippen LogP contribution in [0.4, 0.5) is 0 Å². The molecule has 0 amide bonds. The van der Waals surface area contributed by atoms with Crippen molar-refractivity contribution in [2.75, 3.05) is 20.3 Å². The summed E-state index contributed by atoms with van der Waals surface area (Å²) < 4.78 is 10.5. The Morgan fingerprint density at radius 1 is 1.30 bits per heavy atom. The van der Waals surface area contributed by atoms with Crippen LogP contribution in [0.2, 0.25) is 0 Å². The fraction of sp³-hybridized carbons (Fsp3) is 0.400. The van der Waals surface area contributed by atoms with Gasteiger partial charge in [0.25, 0.3) is 0 Å². The molecule has 20 heavy (non-hydrogen) atoms. The molecule has 1 aromatic heterocycles. The molecular weight excluding hydrogens is 294 g/mol. The molecular formula is C15H18ClNO2S. The Labute approximate surface area is 128 Å². The summed E-state index contributed by atoms with van der Waals surface area (Å²) in [7, 11) is 1.67. The van der Waals surface area contributed by atoms with Crippen LogP contribution in [-0.2, 0) is 22.0 Å². The third kappa shape index (κ3) is 4.03. The molecule has 1 aromatic carbocycles. The highest BCUT2D eigenvalue weighted by Gasteiger charge is 2.06. The predicted molar refractivity (Wildman–Crippen MR) is 83.4 cm³/mol. The summed E-state index contributed by atoms with van der Waals surface area (Å²) in [6, 6.07) is 6.32. The van der Waals surface area contributed by atoms with E-state index >= 15 is 0 Å². The van der Waals surface area contributed by atoms with Gasteiger partial charge < -0.3 is 9.47 Å². The third-order valence-corrected chi connectivity index (χ3v) is 4.18. The van der Waals surface area contributed by atoms with E-state index in [1.54, 1.807) is 18.4 Å². The predicted octanol–water partition coefficient (Wildman–Crippen LogP) is 4.02. The maximum absolute atomic E-state index is 5.78. The minimum atomic E-state index is 0.459. The molecule has 5 heteroatoms. The largest absolute Gasteiger partial charge is 0.382 e. The Kier molecular flexibility index (Phi) is 5.98. The van der Waals surface area contributed by atoms with Gasteiger partial charge in [-0.2, -0.15) is 0 Å². The molecule has 0 atom stereocenters. The van der Waals surface area contributed by atoms with Crippen molar-refractivity contribution in [1.82, 2.24) is 4.98 Å². The zero-order chi connectivity index (χ0) is 14.4. The van der Waals surface area contributed by atoms with Crippen molar-refractivity contribution in [1.29, 1.82) is 0 Å². The van der Waals surface area contributed by atoms with E-state index in [4.69, 9.17) is 21.1 Å². The molecule has 0 fully saturated rings. The zero-order valence-corrected chi connectivity index (χ0v) is 13.3. The van der Waals surface area contributed by atoms with Crippen molar-refractivity contribution in [3.05, 3.63) is 40.4 Å². The van der Waals surface area contributed by atoms with Gasteiger partial charge in [0.15, 0.2) is 0 Å². The second-order valence-corrected chi connectivity index (χ2v) is 5.59. The average molecular weight is 312 g/mol. The molecule has 0 radical (unpaired) electrons. The van der Waals surface area contributed by atoms with E-state index in [1.807, 2.05) is 5.38 Å². The molecule has 108 valence electrons. The Morgan fingerprint density at radius 3 is 2.80 bits per heavy atom. The van der Waals surface area contributed by atoms with Crippen LogP contribution < -0.4 is 0 Å². The molecule has 2 rings (SSSR count). The number of halogens is 1. The molecule has 0 aliphatic carbocycles. The van der Waals surface area contributed by atoms with E-state index in [0.717, 1.165) is 16.3 Å². The topological polar surface area (TPSA) is 31.4 Å². The van der Waals surface area contributed by atoms with E-state index in [-0.39, 0.29) is 0 Å². The summed E-state index contributed by atoms with van der Waals surface area (Å²) in [6.07, 6.45) is 0. The van der Waals surface area contributed by atoms with Gasteiger partial charge in [0.1, 0.15) is 5.01 Å². The molecule has 0 aliphatic rings. The number of benzene rings is 1. The summed E-state index contributed by atoms with van der Waals surface area (Å²) in [4.78, 5) is 4.50. The van der Waals surface area contributed by atoms with Gasteiger partial charge in [0.2, 0.25) is 0 Å². The highest BCUT2D eigenvalue weighted by Crippen LogP contribution is 2.26. The second-order valence-electron chi connectivity index (χ2n) is 4.46. The van der Waals surface area contributed by atoms with Crippen LogP contribution in [0, 0.1) is 6.92 Å². The molecule has 2 aromatic rings. The van der Waals surface area contributed by atoms with Gasteiger partial charge in [-0.25, -0.2) is 4.98 Å². The number of hydrogen-bond acceptors (Lipinski definition) is 4. The normalized spacial score (nSPS) is 10.9. The molecule has 1 heterocycles. The first-order valence-electron chi connectivity index (χ1n) is 6.41. The molecule has 0 saturated heterocycles. The Morgan fingerprint density at radius 2 is 2.15 bits per heavy atom. The highest BCUT2D eigenvalue weighted by atomic mass is 35.5. The number of hydrogen-bond donors (Lipinski definition) is 0. The monoisotopic (exact) mass is 311 g/mol. The zero-order valence-electron chi connectivity index (χ0n) is 11.7. The summed E-state index contributed by atoms with van der Waals surface area (Å²) in [5.41, 5.74) is 4.46. The van der Waals surface area contributed by atoms with Crippen LogP contribution in [0.3, 0.4) is 0 Å². The molecule has 0 aliphatic heterocycles. The lowest BCUT2D eigenvalue weighted by molar-refractivity contribution is 0.0614. The quantitative estimate of drug-likeness (QED) is 0.571. The van der Waals surface area contributed by atoms with Crippen molar-refractivity contribution in [3.63, 3.8) is 0 Å². The number of alkyl halides is 1. The summed E-state index contributed by atoms with van der Waals surface area (Å²) >= 11 is 7.41. The average Bonchev–Trinajstić information content (AvgIpc) is 2.94.